The average molecular weight is 341 g/mol. The first-order valence-electron chi connectivity index (χ1n) is 8.98. The van der Waals surface area contributed by atoms with Gasteiger partial charge in [-0.1, -0.05) is 18.2 Å². The first-order valence-corrected chi connectivity index (χ1v) is 8.98. The number of nitrogens with zero attached hydrogens (tertiary/aromatic N) is 1. The van der Waals surface area contributed by atoms with Gasteiger partial charge in [-0.25, -0.2) is 0 Å². The van der Waals surface area contributed by atoms with Gasteiger partial charge in [-0.15, -0.1) is 0 Å². The second kappa shape index (κ2) is 7.79. The van der Waals surface area contributed by atoms with Crippen LogP contribution in [-0.2, 0) is 6.54 Å². The van der Waals surface area contributed by atoms with Crippen LogP contribution in [0.3, 0.4) is 0 Å². The molecule has 1 saturated heterocycles. The molecule has 0 saturated carbocycles. The largest absolute Gasteiger partial charge is 0.493 e. The summed E-state index contributed by atoms with van der Waals surface area (Å²) in [5, 5.41) is 0. The van der Waals surface area contributed by atoms with Gasteiger partial charge in [0.2, 0.25) is 0 Å². The quantitative estimate of drug-likeness (QED) is 0.903. The number of aryl methyl sites for hydroxylation is 1. The van der Waals surface area contributed by atoms with Crippen molar-refractivity contribution >= 4 is 5.69 Å². The molecule has 0 spiro atoms. The smallest absolute Gasteiger partial charge is 0.169 e. The molecule has 0 atom stereocenters. The lowest BCUT2D eigenvalue weighted by molar-refractivity contribution is -0.914. The first-order chi connectivity index (χ1) is 12.1. The SMILES string of the molecule is COc1cccc(C[NH+]2CCN(c3cccc(C)c3C)CC2)c1OC. The fourth-order valence-electron chi connectivity index (χ4n) is 3.68. The number of rotatable bonds is 5. The topological polar surface area (TPSA) is 26.1 Å². The van der Waals surface area contributed by atoms with E-state index < -0.39 is 0 Å². The van der Waals surface area contributed by atoms with Crippen LogP contribution in [-0.4, -0.2) is 40.4 Å². The Kier molecular flexibility index (Phi) is 5.49. The second-order valence-electron chi connectivity index (χ2n) is 6.79. The Morgan fingerprint density at radius 2 is 1.68 bits per heavy atom. The number of hydrogen-bond donors (Lipinski definition) is 1. The van der Waals surface area contributed by atoms with Crippen molar-refractivity contribution in [3.8, 4) is 11.5 Å². The summed E-state index contributed by atoms with van der Waals surface area (Å²) in [7, 11) is 3.41. The fraction of sp³-hybridized carbons (Fsp3) is 0.429. The Hall–Kier alpha value is -2.20. The highest BCUT2D eigenvalue weighted by atomic mass is 16.5. The number of methoxy groups -OCH3 is 2. The van der Waals surface area contributed by atoms with Gasteiger partial charge in [-0.2, -0.15) is 0 Å². The summed E-state index contributed by atoms with van der Waals surface area (Å²) in [5.41, 5.74) is 5.38. The van der Waals surface area contributed by atoms with E-state index in [0.29, 0.717) is 0 Å². The molecule has 1 fully saturated rings. The zero-order valence-electron chi connectivity index (χ0n) is 15.8. The number of hydrogen-bond acceptors (Lipinski definition) is 3. The maximum atomic E-state index is 5.58. The van der Waals surface area contributed by atoms with E-state index in [9.17, 15) is 0 Å². The lowest BCUT2D eigenvalue weighted by atomic mass is 10.1. The third kappa shape index (κ3) is 3.74. The van der Waals surface area contributed by atoms with Crippen molar-refractivity contribution in [2.24, 2.45) is 0 Å². The van der Waals surface area contributed by atoms with Crippen molar-refractivity contribution in [2.75, 3.05) is 45.3 Å². The van der Waals surface area contributed by atoms with Crippen molar-refractivity contribution in [1.82, 2.24) is 0 Å². The van der Waals surface area contributed by atoms with Crippen LogP contribution in [0.5, 0.6) is 11.5 Å². The maximum Gasteiger partial charge on any atom is 0.169 e. The lowest BCUT2D eigenvalue weighted by Crippen LogP contribution is -3.13. The zero-order chi connectivity index (χ0) is 17.8. The Labute approximate surface area is 151 Å². The molecule has 1 aliphatic heterocycles. The van der Waals surface area contributed by atoms with E-state index in [1.54, 1.807) is 19.1 Å². The molecule has 4 heteroatoms. The van der Waals surface area contributed by atoms with E-state index in [-0.39, 0.29) is 0 Å². The van der Waals surface area contributed by atoms with E-state index >= 15 is 0 Å². The summed E-state index contributed by atoms with van der Waals surface area (Å²) < 4.78 is 11.0. The molecule has 0 aromatic heterocycles. The van der Waals surface area contributed by atoms with E-state index in [4.69, 9.17) is 9.47 Å². The number of piperazine rings is 1. The molecule has 134 valence electrons. The highest BCUT2D eigenvalue weighted by Gasteiger charge is 2.23. The third-order valence-corrected chi connectivity index (χ3v) is 5.31. The molecular weight excluding hydrogens is 312 g/mol. The summed E-state index contributed by atoms with van der Waals surface area (Å²) >= 11 is 0. The third-order valence-electron chi connectivity index (χ3n) is 5.31. The van der Waals surface area contributed by atoms with Crippen molar-refractivity contribution in [2.45, 2.75) is 20.4 Å². The maximum absolute atomic E-state index is 5.58. The molecule has 0 aliphatic carbocycles. The number of nitrogens with one attached hydrogen (secondary N) is 1. The molecule has 0 unspecified atom stereocenters. The Bertz CT molecular complexity index is 722. The van der Waals surface area contributed by atoms with E-state index in [0.717, 1.165) is 44.2 Å². The van der Waals surface area contributed by atoms with Crippen molar-refractivity contribution in [3.63, 3.8) is 0 Å². The molecule has 3 rings (SSSR count). The van der Waals surface area contributed by atoms with Crippen LogP contribution in [0.15, 0.2) is 36.4 Å². The fourth-order valence-corrected chi connectivity index (χ4v) is 3.68. The van der Waals surface area contributed by atoms with Gasteiger partial charge in [-0.05, 0) is 43.2 Å². The number of anilines is 1. The summed E-state index contributed by atoms with van der Waals surface area (Å²) in [4.78, 5) is 4.11. The van der Waals surface area contributed by atoms with Crippen molar-refractivity contribution in [3.05, 3.63) is 53.1 Å². The number of benzene rings is 2. The second-order valence-corrected chi connectivity index (χ2v) is 6.79. The molecule has 2 aromatic rings. The van der Waals surface area contributed by atoms with Crippen molar-refractivity contribution < 1.29 is 14.4 Å². The van der Waals surface area contributed by atoms with Gasteiger partial charge in [0, 0.05) is 5.69 Å². The van der Waals surface area contributed by atoms with Gasteiger partial charge in [-0.3, -0.25) is 0 Å². The molecule has 1 N–H and O–H groups in total. The molecular formula is C21H29N2O2+. The van der Waals surface area contributed by atoms with Gasteiger partial charge < -0.3 is 19.3 Å². The lowest BCUT2D eigenvalue weighted by Gasteiger charge is -2.35. The van der Waals surface area contributed by atoms with Gasteiger partial charge in [0.15, 0.2) is 11.5 Å². The molecule has 4 nitrogen and oxygen atoms in total. The summed E-state index contributed by atoms with van der Waals surface area (Å²) in [5.74, 6) is 1.68. The van der Waals surface area contributed by atoms with Crippen LogP contribution >= 0.6 is 0 Å². The van der Waals surface area contributed by atoms with Crippen LogP contribution < -0.4 is 19.3 Å². The molecule has 1 aliphatic rings. The highest BCUT2D eigenvalue weighted by Crippen LogP contribution is 2.30. The van der Waals surface area contributed by atoms with E-state index in [1.807, 2.05) is 12.1 Å². The molecule has 0 amide bonds. The predicted octanol–water partition coefficient (Wildman–Crippen LogP) is 2.23. The highest BCUT2D eigenvalue weighted by molar-refractivity contribution is 5.56. The standard InChI is InChI=1S/C21H28N2O2/c1-16-7-5-9-19(17(16)2)23-13-11-22(12-14-23)15-18-8-6-10-20(24-3)21(18)25-4/h5-10H,11-15H2,1-4H3/p+1. The van der Waals surface area contributed by atoms with Gasteiger partial charge in [0.25, 0.3) is 0 Å². The minimum absolute atomic E-state index is 0.813. The first kappa shape index (κ1) is 17.6. The Balaban J connectivity index is 1.66. The van der Waals surface area contributed by atoms with E-state index in [1.165, 1.54) is 22.4 Å². The number of para-hydroxylation sites is 1. The average Bonchev–Trinajstić information content (AvgIpc) is 2.64. The van der Waals surface area contributed by atoms with Crippen molar-refractivity contribution in [1.29, 1.82) is 0 Å². The molecule has 2 aromatic carbocycles. The molecule has 0 radical (unpaired) electrons. The molecule has 1 heterocycles. The number of ether oxygens (including phenoxy) is 2. The van der Waals surface area contributed by atoms with Gasteiger partial charge >= 0.3 is 0 Å². The normalized spacial score (nSPS) is 15.3. The van der Waals surface area contributed by atoms with E-state index in [2.05, 4.69) is 43.0 Å². The number of quaternary nitrogens is 1. The van der Waals surface area contributed by atoms with Crippen LogP contribution in [0, 0.1) is 13.8 Å². The zero-order valence-corrected chi connectivity index (χ0v) is 15.8. The van der Waals surface area contributed by atoms with Crippen LogP contribution in [0.1, 0.15) is 16.7 Å². The Morgan fingerprint density at radius 1 is 0.960 bits per heavy atom. The predicted molar refractivity (Wildman–Crippen MR) is 102 cm³/mol. The van der Waals surface area contributed by atoms with Crippen LogP contribution in [0.4, 0.5) is 5.69 Å². The van der Waals surface area contributed by atoms with Gasteiger partial charge in [0.05, 0.1) is 46.0 Å². The Morgan fingerprint density at radius 3 is 2.36 bits per heavy atom. The minimum atomic E-state index is 0.813. The minimum Gasteiger partial charge on any atom is -0.493 e. The summed E-state index contributed by atoms with van der Waals surface area (Å²) in [6, 6.07) is 12.7. The van der Waals surface area contributed by atoms with Gasteiger partial charge in [0.1, 0.15) is 6.54 Å². The van der Waals surface area contributed by atoms with Crippen LogP contribution in [0.2, 0.25) is 0 Å². The molecule has 25 heavy (non-hydrogen) atoms. The van der Waals surface area contributed by atoms with Crippen LogP contribution in [0.25, 0.3) is 0 Å². The monoisotopic (exact) mass is 341 g/mol. The molecule has 0 bridgehead atoms. The summed E-state index contributed by atoms with van der Waals surface area (Å²) in [6.45, 7) is 9.83. The summed E-state index contributed by atoms with van der Waals surface area (Å²) in [6.07, 6.45) is 0.